The van der Waals surface area contributed by atoms with Crippen molar-refractivity contribution >= 4 is 22.6 Å². The number of nitrogens with one attached hydrogen (secondary N) is 2. The van der Waals surface area contributed by atoms with E-state index in [0.717, 1.165) is 33.7 Å². The fraction of sp³-hybridized carbons (Fsp3) is 0.167. The highest BCUT2D eigenvalue weighted by molar-refractivity contribution is 6.06. The van der Waals surface area contributed by atoms with Crippen LogP contribution in [-0.2, 0) is 0 Å². The molecule has 1 amide bonds. The van der Waals surface area contributed by atoms with Crippen LogP contribution in [0.25, 0.3) is 22.4 Å². The Morgan fingerprint density at radius 2 is 1.71 bits per heavy atom. The van der Waals surface area contributed by atoms with Gasteiger partial charge in [-0.15, -0.1) is 0 Å². The van der Waals surface area contributed by atoms with Crippen molar-refractivity contribution in [3.63, 3.8) is 0 Å². The lowest BCUT2D eigenvalue weighted by Crippen LogP contribution is -2.11. The number of imidazole rings is 1. The van der Waals surface area contributed by atoms with Gasteiger partial charge in [0.1, 0.15) is 5.82 Å². The van der Waals surface area contributed by atoms with Crippen LogP contribution in [-0.4, -0.2) is 15.9 Å². The van der Waals surface area contributed by atoms with Crippen LogP contribution in [0.15, 0.2) is 54.6 Å². The molecule has 1 aromatic heterocycles. The number of hydrogen-bond donors (Lipinski definition) is 2. The molecule has 4 rings (SSSR count). The maximum atomic E-state index is 12.7. The van der Waals surface area contributed by atoms with Gasteiger partial charge < -0.3 is 10.3 Å². The monoisotopic (exact) mass is 369 g/mol. The van der Waals surface area contributed by atoms with E-state index in [2.05, 4.69) is 43.2 Å². The molecule has 0 unspecified atom stereocenters. The van der Waals surface area contributed by atoms with E-state index in [1.54, 1.807) is 0 Å². The van der Waals surface area contributed by atoms with E-state index in [-0.39, 0.29) is 5.91 Å². The Morgan fingerprint density at radius 3 is 2.50 bits per heavy atom. The molecule has 0 aliphatic heterocycles. The lowest BCUT2D eigenvalue weighted by atomic mass is 10.0. The molecule has 4 aromatic rings. The third-order valence-corrected chi connectivity index (χ3v) is 5.37. The van der Waals surface area contributed by atoms with Crippen LogP contribution >= 0.6 is 0 Å². The number of aromatic amines is 1. The lowest BCUT2D eigenvalue weighted by Gasteiger charge is -2.07. The second kappa shape index (κ2) is 6.97. The van der Waals surface area contributed by atoms with Gasteiger partial charge in [-0.25, -0.2) is 4.98 Å². The summed E-state index contributed by atoms with van der Waals surface area (Å²) < 4.78 is 0. The molecule has 0 saturated carbocycles. The number of carbonyl (C=O) groups excluding carboxylic acids is 1. The van der Waals surface area contributed by atoms with E-state index in [1.165, 1.54) is 16.7 Å². The molecular weight excluding hydrogens is 346 g/mol. The van der Waals surface area contributed by atoms with Crippen LogP contribution in [0, 0.1) is 27.7 Å². The van der Waals surface area contributed by atoms with Crippen molar-refractivity contribution in [2.75, 3.05) is 5.32 Å². The number of H-pyrrole nitrogens is 1. The van der Waals surface area contributed by atoms with Gasteiger partial charge in [0.25, 0.3) is 5.91 Å². The SMILES string of the molecule is Cc1ccc(NC(=O)c2ccc3nc(-c4cccc(C)c4C)[nH]c3c2)cc1C. The van der Waals surface area contributed by atoms with Gasteiger partial charge in [-0.05, 0) is 80.3 Å². The van der Waals surface area contributed by atoms with Crippen molar-refractivity contribution in [3.8, 4) is 11.4 Å². The molecule has 0 fully saturated rings. The smallest absolute Gasteiger partial charge is 0.255 e. The number of aromatic nitrogens is 2. The molecule has 0 aliphatic rings. The largest absolute Gasteiger partial charge is 0.338 e. The molecule has 4 heteroatoms. The number of aryl methyl sites for hydroxylation is 3. The van der Waals surface area contributed by atoms with Gasteiger partial charge in [-0.1, -0.05) is 24.3 Å². The minimum atomic E-state index is -0.131. The summed E-state index contributed by atoms with van der Waals surface area (Å²) in [6.07, 6.45) is 0. The first-order valence-electron chi connectivity index (χ1n) is 9.37. The predicted molar refractivity (Wildman–Crippen MR) is 115 cm³/mol. The molecule has 0 saturated heterocycles. The number of hydrogen-bond acceptors (Lipinski definition) is 2. The van der Waals surface area contributed by atoms with Gasteiger partial charge >= 0.3 is 0 Å². The fourth-order valence-electron chi connectivity index (χ4n) is 3.31. The first-order chi connectivity index (χ1) is 13.4. The zero-order valence-corrected chi connectivity index (χ0v) is 16.6. The summed E-state index contributed by atoms with van der Waals surface area (Å²) in [6, 6.07) is 17.7. The molecule has 3 aromatic carbocycles. The molecule has 0 spiro atoms. The Hall–Kier alpha value is -3.40. The topological polar surface area (TPSA) is 57.8 Å². The highest BCUT2D eigenvalue weighted by Crippen LogP contribution is 2.26. The molecule has 0 bridgehead atoms. The standard InChI is InChI=1S/C24H23N3O/c1-14-8-10-19(12-16(14)3)25-24(28)18-9-11-21-22(13-18)27-23(26-21)20-7-5-6-15(2)17(20)4/h5-13H,1-4H3,(H,25,28)(H,26,27). The predicted octanol–water partition coefficient (Wildman–Crippen LogP) is 5.72. The van der Waals surface area contributed by atoms with Crippen LogP contribution in [0.4, 0.5) is 5.69 Å². The van der Waals surface area contributed by atoms with Crippen LogP contribution in [0.1, 0.15) is 32.6 Å². The van der Waals surface area contributed by atoms with Gasteiger partial charge in [0.2, 0.25) is 0 Å². The second-order valence-corrected chi connectivity index (χ2v) is 7.32. The Bertz CT molecular complexity index is 1200. The number of rotatable bonds is 3. The highest BCUT2D eigenvalue weighted by atomic mass is 16.1. The molecule has 1 heterocycles. The Kier molecular flexibility index (Phi) is 4.47. The molecular formula is C24H23N3O. The number of anilines is 1. The van der Waals surface area contributed by atoms with Crippen molar-refractivity contribution in [3.05, 3.63) is 82.4 Å². The van der Waals surface area contributed by atoms with Crippen molar-refractivity contribution in [2.24, 2.45) is 0 Å². The Balaban J connectivity index is 1.65. The number of benzene rings is 3. The third kappa shape index (κ3) is 3.29. The van der Waals surface area contributed by atoms with Gasteiger partial charge in [-0.2, -0.15) is 0 Å². The van der Waals surface area contributed by atoms with E-state index < -0.39 is 0 Å². The normalized spacial score (nSPS) is 11.0. The first kappa shape index (κ1) is 18.0. The van der Waals surface area contributed by atoms with Crippen molar-refractivity contribution < 1.29 is 4.79 Å². The number of amides is 1. The zero-order valence-electron chi connectivity index (χ0n) is 16.6. The first-order valence-corrected chi connectivity index (χ1v) is 9.37. The fourth-order valence-corrected chi connectivity index (χ4v) is 3.31. The summed E-state index contributed by atoms with van der Waals surface area (Å²) in [5.41, 5.74) is 8.96. The molecule has 28 heavy (non-hydrogen) atoms. The minimum Gasteiger partial charge on any atom is -0.338 e. The van der Waals surface area contributed by atoms with Crippen LogP contribution in [0.2, 0.25) is 0 Å². The highest BCUT2D eigenvalue weighted by Gasteiger charge is 2.12. The van der Waals surface area contributed by atoms with Crippen LogP contribution in [0.5, 0.6) is 0 Å². The maximum Gasteiger partial charge on any atom is 0.255 e. The van der Waals surface area contributed by atoms with Gasteiger partial charge in [0, 0.05) is 16.8 Å². The number of fused-ring (bicyclic) bond motifs is 1. The number of carbonyl (C=O) groups is 1. The molecule has 0 atom stereocenters. The molecule has 2 N–H and O–H groups in total. The van der Waals surface area contributed by atoms with Crippen LogP contribution in [0.3, 0.4) is 0 Å². The van der Waals surface area contributed by atoms with E-state index in [9.17, 15) is 4.79 Å². The van der Waals surface area contributed by atoms with Gasteiger partial charge in [0.05, 0.1) is 11.0 Å². The third-order valence-electron chi connectivity index (χ3n) is 5.37. The van der Waals surface area contributed by atoms with E-state index >= 15 is 0 Å². The van der Waals surface area contributed by atoms with E-state index in [0.29, 0.717) is 5.56 Å². The van der Waals surface area contributed by atoms with E-state index in [1.807, 2.05) is 49.4 Å². The van der Waals surface area contributed by atoms with Crippen molar-refractivity contribution in [1.29, 1.82) is 0 Å². The summed E-state index contributed by atoms with van der Waals surface area (Å²) in [6.45, 7) is 8.29. The second-order valence-electron chi connectivity index (χ2n) is 7.32. The van der Waals surface area contributed by atoms with E-state index in [4.69, 9.17) is 4.98 Å². The average molecular weight is 369 g/mol. The summed E-state index contributed by atoms with van der Waals surface area (Å²) in [7, 11) is 0. The summed E-state index contributed by atoms with van der Waals surface area (Å²) >= 11 is 0. The maximum absolute atomic E-state index is 12.7. The molecule has 0 aliphatic carbocycles. The molecule has 0 radical (unpaired) electrons. The van der Waals surface area contributed by atoms with Gasteiger partial charge in [-0.3, -0.25) is 4.79 Å². The summed E-state index contributed by atoms with van der Waals surface area (Å²) in [4.78, 5) is 20.8. The minimum absolute atomic E-state index is 0.131. The molecule has 140 valence electrons. The molecule has 4 nitrogen and oxygen atoms in total. The average Bonchev–Trinajstić information content (AvgIpc) is 3.10. The summed E-state index contributed by atoms with van der Waals surface area (Å²) in [5, 5.41) is 2.97. The van der Waals surface area contributed by atoms with Crippen molar-refractivity contribution in [1.82, 2.24) is 9.97 Å². The van der Waals surface area contributed by atoms with Crippen molar-refractivity contribution in [2.45, 2.75) is 27.7 Å². The summed E-state index contributed by atoms with van der Waals surface area (Å²) in [5.74, 6) is 0.691. The van der Waals surface area contributed by atoms with Gasteiger partial charge in [0.15, 0.2) is 0 Å². The van der Waals surface area contributed by atoms with Crippen LogP contribution < -0.4 is 5.32 Å². The zero-order chi connectivity index (χ0) is 19.8. The quantitative estimate of drug-likeness (QED) is 0.485. The Morgan fingerprint density at radius 1 is 0.893 bits per heavy atom. The number of nitrogens with zero attached hydrogens (tertiary/aromatic N) is 1. The lowest BCUT2D eigenvalue weighted by molar-refractivity contribution is 0.102. The Labute approximate surface area is 164 Å².